The van der Waals surface area contributed by atoms with Crippen molar-refractivity contribution >= 4 is 0 Å². The van der Waals surface area contributed by atoms with Crippen molar-refractivity contribution < 1.29 is 0 Å². The molecule has 0 aliphatic heterocycles. The lowest BCUT2D eigenvalue weighted by atomic mass is 10.1. The Morgan fingerprint density at radius 3 is 2.85 bits per heavy atom. The van der Waals surface area contributed by atoms with Crippen LogP contribution in [0, 0.1) is 0 Å². The fourth-order valence-electron chi connectivity index (χ4n) is 2.13. The Labute approximate surface area is 77.2 Å². The fourth-order valence-corrected chi connectivity index (χ4v) is 2.13. The maximum atomic E-state index is 6.10. The molecule has 0 spiro atoms. The molecule has 0 bridgehead atoms. The van der Waals surface area contributed by atoms with Crippen molar-refractivity contribution in [2.24, 2.45) is 5.73 Å². The van der Waals surface area contributed by atoms with Gasteiger partial charge in [-0.3, -0.25) is 0 Å². The summed E-state index contributed by atoms with van der Waals surface area (Å²) in [6, 6.07) is 14.8. The molecule has 0 heterocycles. The number of hydrogen-bond acceptors (Lipinski definition) is 1. The molecule has 0 fully saturated rings. The van der Waals surface area contributed by atoms with Crippen LogP contribution in [0.15, 0.2) is 42.5 Å². The van der Waals surface area contributed by atoms with E-state index in [2.05, 4.69) is 36.4 Å². The highest BCUT2D eigenvalue weighted by atomic mass is 14.7. The summed E-state index contributed by atoms with van der Waals surface area (Å²) >= 11 is 0. The monoisotopic (exact) mass is 168 g/mol. The van der Waals surface area contributed by atoms with Crippen LogP contribution in [-0.4, -0.2) is 0 Å². The zero-order chi connectivity index (χ0) is 8.84. The predicted molar refractivity (Wildman–Crippen MR) is 53.5 cm³/mol. The number of benzene rings is 1. The largest absolute Gasteiger partial charge is 0.327 e. The highest BCUT2D eigenvalue weighted by Gasteiger charge is 2.18. The lowest BCUT2D eigenvalue weighted by molar-refractivity contribution is 0.903. The van der Waals surface area contributed by atoms with Gasteiger partial charge >= 0.3 is 0 Å². The first kappa shape index (κ1) is 6.98. The molecule has 64 valence electrons. The highest BCUT2D eigenvalue weighted by Crippen LogP contribution is 2.42. The SMILES string of the molecule is NC1c2ccccc2-[c-]2cccc21. The summed E-state index contributed by atoms with van der Waals surface area (Å²) in [5.74, 6) is 0. The van der Waals surface area contributed by atoms with E-state index in [0.717, 1.165) is 0 Å². The second-order valence-electron chi connectivity index (χ2n) is 3.46. The van der Waals surface area contributed by atoms with Crippen molar-refractivity contribution in [1.82, 2.24) is 0 Å². The van der Waals surface area contributed by atoms with Crippen LogP contribution in [0.2, 0.25) is 0 Å². The second-order valence-corrected chi connectivity index (χ2v) is 3.46. The number of hydrogen-bond donors (Lipinski definition) is 1. The van der Waals surface area contributed by atoms with Gasteiger partial charge in [0.2, 0.25) is 0 Å². The molecule has 1 aliphatic rings. The normalized spacial score (nSPS) is 18.4. The molecule has 0 saturated carbocycles. The lowest BCUT2D eigenvalue weighted by Gasteiger charge is -2.09. The van der Waals surface area contributed by atoms with Crippen LogP contribution in [0.25, 0.3) is 11.1 Å². The molecule has 1 unspecified atom stereocenters. The Balaban J connectivity index is 2.37. The molecule has 0 radical (unpaired) electrons. The van der Waals surface area contributed by atoms with E-state index >= 15 is 0 Å². The first-order chi connectivity index (χ1) is 6.38. The van der Waals surface area contributed by atoms with Gasteiger partial charge in [-0.1, -0.05) is 29.3 Å². The van der Waals surface area contributed by atoms with Crippen LogP contribution in [-0.2, 0) is 0 Å². The Hall–Kier alpha value is -1.47. The lowest BCUT2D eigenvalue weighted by Crippen LogP contribution is -2.06. The van der Waals surface area contributed by atoms with Crippen molar-refractivity contribution in [3.8, 4) is 11.1 Å². The summed E-state index contributed by atoms with van der Waals surface area (Å²) in [5.41, 5.74) is 11.2. The molecule has 0 aromatic heterocycles. The highest BCUT2D eigenvalue weighted by molar-refractivity contribution is 5.79. The van der Waals surface area contributed by atoms with E-state index in [9.17, 15) is 0 Å². The molecule has 13 heavy (non-hydrogen) atoms. The second kappa shape index (κ2) is 2.27. The zero-order valence-electron chi connectivity index (χ0n) is 7.20. The Morgan fingerprint density at radius 2 is 1.92 bits per heavy atom. The Kier molecular flexibility index (Phi) is 1.22. The molecule has 1 atom stereocenters. The molecule has 0 amide bonds. The average molecular weight is 168 g/mol. The van der Waals surface area contributed by atoms with E-state index in [1.54, 1.807) is 0 Å². The summed E-state index contributed by atoms with van der Waals surface area (Å²) in [7, 11) is 0. The van der Waals surface area contributed by atoms with Crippen molar-refractivity contribution in [2.75, 3.05) is 0 Å². The average Bonchev–Trinajstić information content (AvgIpc) is 2.72. The predicted octanol–water partition coefficient (Wildman–Crippen LogP) is 2.43. The van der Waals surface area contributed by atoms with E-state index in [-0.39, 0.29) is 6.04 Å². The summed E-state index contributed by atoms with van der Waals surface area (Å²) < 4.78 is 0. The molecule has 1 nitrogen and oxygen atoms in total. The third-order valence-corrected chi connectivity index (χ3v) is 2.77. The van der Waals surface area contributed by atoms with E-state index in [1.165, 1.54) is 22.3 Å². The molecular formula is C12H10N-. The minimum absolute atomic E-state index is 0.0844. The van der Waals surface area contributed by atoms with Gasteiger partial charge in [0.25, 0.3) is 0 Å². The molecule has 1 aliphatic carbocycles. The van der Waals surface area contributed by atoms with Gasteiger partial charge in [0, 0.05) is 6.04 Å². The number of fused-ring (bicyclic) bond motifs is 3. The van der Waals surface area contributed by atoms with Crippen molar-refractivity contribution in [1.29, 1.82) is 0 Å². The van der Waals surface area contributed by atoms with Crippen molar-refractivity contribution in [3.63, 3.8) is 0 Å². The molecule has 1 heteroatoms. The first-order valence-electron chi connectivity index (χ1n) is 4.48. The van der Waals surface area contributed by atoms with Gasteiger partial charge in [-0.2, -0.15) is 6.07 Å². The smallest absolute Gasteiger partial charge is 0.0141 e. The third kappa shape index (κ3) is 0.771. The molecule has 2 N–H and O–H groups in total. The molecule has 0 saturated heterocycles. The minimum atomic E-state index is 0.0844. The summed E-state index contributed by atoms with van der Waals surface area (Å²) in [6.45, 7) is 0. The van der Waals surface area contributed by atoms with Crippen LogP contribution in [0.3, 0.4) is 0 Å². The quantitative estimate of drug-likeness (QED) is 0.601. The summed E-state index contributed by atoms with van der Waals surface area (Å²) in [4.78, 5) is 0. The molecule has 2 aromatic carbocycles. The van der Waals surface area contributed by atoms with Crippen LogP contribution in [0.1, 0.15) is 17.2 Å². The summed E-state index contributed by atoms with van der Waals surface area (Å²) in [6.07, 6.45) is 0. The molecule has 2 aromatic rings. The van der Waals surface area contributed by atoms with Crippen molar-refractivity contribution in [2.45, 2.75) is 6.04 Å². The van der Waals surface area contributed by atoms with E-state index in [0.29, 0.717) is 0 Å². The maximum absolute atomic E-state index is 6.10. The first-order valence-corrected chi connectivity index (χ1v) is 4.48. The maximum Gasteiger partial charge on any atom is 0.0141 e. The van der Waals surface area contributed by atoms with Gasteiger partial charge in [0.1, 0.15) is 0 Å². The van der Waals surface area contributed by atoms with Gasteiger partial charge < -0.3 is 5.73 Å². The number of rotatable bonds is 0. The Bertz CT molecular complexity index is 454. The standard InChI is InChI=1S/C12H10N/c13-12-10-5-2-1-4-8(10)9-6-3-7-11(9)12/h1-7,12H,13H2/q-1. The minimum Gasteiger partial charge on any atom is -0.327 e. The van der Waals surface area contributed by atoms with Crippen LogP contribution in [0.4, 0.5) is 0 Å². The van der Waals surface area contributed by atoms with Crippen molar-refractivity contribution in [3.05, 3.63) is 53.6 Å². The van der Waals surface area contributed by atoms with Gasteiger partial charge in [-0.25, -0.2) is 0 Å². The van der Waals surface area contributed by atoms with E-state index in [4.69, 9.17) is 5.73 Å². The van der Waals surface area contributed by atoms with E-state index in [1.807, 2.05) is 6.07 Å². The third-order valence-electron chi connectivity index (χ3n) is 2.77. The van der Waals surface area contributed by atoms with Gasteiger partial charge in [0.05, 0.1) is 0 Å². The van der Waals surface area contributed by atoms with Gasteiger partial charge in [-0.05, 0) is 0 Å². The molecule has 3 rings (SSSR count). The fraction of sp³-hybridized carbons (Fsp3) is 0.0833. The van der Waals surface area contributed by atoms with Crippen LogP contribution in [0.5, 0.6) is 0 Å². The van der Waals surface area contributed by atoms with Crippen LogP contribution < -0.4 is 5.73 Å². The number of nitrogens with two attached hydrogens (primary N) is 1. The Morgan fingerprint density at radius 1 is 1.08 bits per heavy atom. The molecular weight excluding hydrogens is 158 g/mol. The van der Waals surface area contributed by atoms with E-state index < -0.39 is 0 Å². The topological polar surface area (TPSA) is 26.0 Å². The zero-order valence-corrected chi connectivity index (χ0v) is 7.20. The summed E-state index contributed by atoms with van der Waals surface area (Å²) in [5, 5.41) is 0. The van der Waals surface area contributed by atoms with Gasteiger partial charge in [0.15, 0.2) is 0 Å². The van der Waals surface area contributed by atoms with Gasteiger partial charge in [-0.15, -0.1) is 29.3 Å². The van der Waals surface area contributed by atoms with Crippen LogP contribution >= 0.6 is 0 Å².